The quantitative estimate of drug-likeness (QED) is 0.221. The Morgan fingerprint density at radius 3 is 1.70 bits per heavy atom. The molecule has 0 aliphatic carbocycles. The van der Waals surface area contributed by atoms with Crippen molar-refractivity contribution in [2.75, 3.05) is 6.54 Å². The highest BCUT2D eigenvalue weighted by atomic mass is 19.1. The molecular weight excluding hydrogens is 285 g/mol. The van der Waals surface area contributed by atoms with Crippen molar-refractivity contribution < 1.29 is 4.39 Å². The van der Waals surface area contributed by atoms with Crippen LogP contribution in [0.5, 0.6) is 0 Å². The lowest BCUT2D eigenvalue weighted by atomic mass is 10.0. The number of rotatable bonds is 17. The average Bonchev–Trinajstić information content (AvgIpc) is 2.58. The maximum Gasteiger partial charge on any atom is 0.0871 e. The van der Waals surface area contributed by atoms with Crippen LogP contribution < -0.4 is 5.73 Å². The highest BCUT2D eigenvalue weighted by molar-refractivity contribution is 4.98. The zero-order valence-electron chi connectivity index (χ0n) is 15.5. The van der Waals surface area contributed by atoms with Crippen molar-refractivity contribution in [2.45, 2.75) is 103 Å². The van der Waals surface area contributed by atoms with Gasteiger partial charge in [0.15, 0.2) is 0 Å². The molecule has 0 radical (unpaired) electrons. The predicted molar refractivity (Wildman–Crippen MR) is 102 cm³/mol. The standard InChI is InChI=1S/C21H40FN/c1-2-3-4-5-6-7-8-9-10-11-12-13-14-15-16-17-18-21(19-22)20-23/h9-10,19H,2-8,11-18,20,23H2,1H3/b10-9+,21-19-. The van der Waals surface area contributed by atoms with Crippen molar-refractivity contribution in [3.8, 4) is 0 Å². The Balaban J connectivity index is 3.16. The maximum atomic E-state index is 12.3. The fraction of sp³-hybridized carbons (Fsp3) is 0.810. The van der Waals surface area contributed by atoms with E-state index in [2.05, 4.69) is 19.1 Å². The van der Waals surface area contributed by atoms with E-state index in [-0.39, 0.29) is 0 Å². The van der Waals surface area contributed by atoms with Gasteiger partial charge in [0.05, 0.1) is 6.33 Å². The summed E-state index contributed by atoms with van der Waals surface area (Å²) in [6, 6.07) is 0. The van der Waals surface area contributed by atoms with E-state index in [1.54, 1.807) is 0 Å². The van der Waals surface area contributed by atoms with Gasteiger partial charge in [-0.2, -0.15) is 0 Å². The Morgan fingerprint density at radius 1 is 0.739 bits per heavy atom. The van der Waals surface area contributed by atoms with Crippen molar-refractivity contribution in [1.29, 1.82) is 0 Å². The molecular formula is C21H40FN. The van der Waals surface area contributed by atoms with Gasteiger partial charge in [0.1, 0.15) is 0 Å². The van der Waals surface area contributed by atoms with E-state index in [4.69, 9.17) is 5.73 Å². The summed E-state index contributed by atoms with van der Waals surface area (Å²) in [5.41, 5.74) is 6.19. The van der Waals surface area contributed by atoms with Gasteiger partial charge in [0.2, 0.25) is 0 Å². The molecule has 0 amide bonds. The Bertz CT molecular complexity index is 284. The van der Waals surface area contributed by atoms with Crippen molar-refractivity contribution >= 4 is 0 Å². The first-order chi connectivity index (χ1) is 11.3. The third-order valence-corrected chi connectivity index (χ3v) is 4.43. The Kier molecular flexibility index (Phi) is 18.9. The van der Waals surface area contributed by atoms with Gasteiger partial charge in [-0.05, 0) is 44.1 Å². The molecule has 136 valence electrons. The molecule has 2 N–H and O–H groups in total. The van der Waals surface area contributed by atoms with E-state index in [0.29, 0.717) is 12.9 Å². The number of hydrogen-bond acceptors (Lipinski definition) is 1. The van der Waals surface area contributed by atoms with E-state index < -0.39 is 0 Å². The molecule has 0 aromatic rings. The molecule has 0 fully saturated rings. The summed E-state index contributed by atoms with van der Waals surface area (Å²) in [5.74, 6) is 0. The summed E-state index contributed by atoms with van der Waals surface area (Å²) in [6.45, 7) is 2.63. The summed E-state index contributed by atoms with van der Waals surface area (Å²) in [5, 5.41) is 0. The second kappa shape index (κ2) is 19.4. The van der Waals surface area contributed by atoms with Crippen LogP contribution in [0, 0.1) is 0 Å². The van der Waals surface area contributed by atoms with E-state index in [1.807, 2.05) is 0 Å². The zero-order chi connectivity index (χ0) is 17.0. The van der Waals surface area contributed by atoms with E-state index >= 15 is 0 Å². The average molecular weight is 326 g/mol. The van der Waals surface area contributed by atoms with Crippen LogP contribution in [0.15, 0.2) is 24.1 Å². The normalized spacial score (nSPS) is 12.4. The fourth-order valence-corrected chi connectivity index (χ4v) is 2.80. The summed E-state index contributed by atoms with van der Waals surface area (Å²) in [6.07, 6.45) is 24.5. The molecule has 0 saturated carbocycles. The van der Waals surface area contributed by atoms with Crippen LogP contribution in [-0.2, 0) is 0 Å². The second-order valence-corrected chi connectivity index (χ2v) is 6.66. The van der Waals surface area contributed by atoms with Gasteiger partial charge in [-0.15, -0.1) is 0 Å². The van der Waals surface area contributed by atoms with Crippen molar-refractivity contribution in [3.05, 3.63) is 24.1 Å². The molecule has 0 atom stereocenters. The predicted octanol–water partition coefficient (Wildman–Crippen LogP) is 7.23. The Morgan fingerprint density at radius 2 is 1.22 bits per heavy atom. The minimum absolute atomic E-state index is 0.363. The van der Waals surface area contributed by atoms with E-state index in [9.17, 15) is 4.39 Å². The number of halogens is 1. The smallest absolute Gasteiger partial charge is 0.0871 e. The van der Waals surface area contributed by atoms with Crippen LogP contribution in [0.2, 0.25) is 0 Å². The highest BCUT2D eigenvalue weighted by Crippen LogP contribution is 2.12. The first-order valence-electron chi connectivity index (χ1n) is 9.98. The van der Waals surface area contributed by atoms with Crippen LogP contribution >= 0.6 is 0 Å². The van der Waals surface area contributed by atoms with Gasteiger partial charge in [0.25, 0.3) is 0 Å². The summed E-state index contributed by atoms with van der Waals surface area (Å²) in [7, 11) is 0. The molecule has 0 aliphatic rings. The van der Waals surface area contributed by atoms with E-state index in [0.717, 1.165) is 18.4 Å². The maximum absolute atomic E-state index is 12.3. The molecule has 23 heavy (non-hydrogen) atoms. The Hall–Kier alpha value is -0.630. The van der Waals surface area contributed by atoms with Gasteiger partial charge in [-0.1, -0.05) is 76.9 Å². The number of nitrogens with two attached hydrogens (primary N) is 1. The Labute approximate surface area is 144 Å². The van der Waals surface area contributed by atoms with Crippen molar-refractivity contribution in [3.63, 3.8) is 0 Å². The van der Waals surface area contributed by atoms with Gasteiger partial charge in [0, 0.05) is 6.54 Å². The molecule has 0 unspecified atom stereocenters. The monoisotopic (exact) mass is 325 g/mol. The number of unbranched alkanes of at least 4 members (excludes halogenated alkanes) is 12. The number of allylic oxidation sites excluding steroid dienone is 2. The molecule has 0 aromatic carbocycles. The number of hydrogen-bond donors (Lipinski definition) is 1. The van der Waals surface area contributed by atoms with Crippen LogP contribution in [-0.4, -0.2) is 6.54 Å². The molecule has 0 rings (SSSR count). The van der Waals surface area contributed by atoms with Gasteiger partial charge >= 0.3 is 0 Å². The lowest BCUT2D eigenvalue weighted by molar-refractivity contribution is 0.589. The van der Waals surface area contributed by atoms with Crippen LogP contribution in [0.4, 0.5) is 4.39 Å². The van der Waals surface area contributed by atoms with Crippen molar-refractivity contribution in [2.24, 2.45) is 5.73 Å². The SMILES string of the molecule is CCCCCCCC/C=C/CCCCCCCC/C(=C/F)CN. The highest BCUT2D eigenvalue weighted by Gasteiger charge is 1.96. The minimum atomic E-state index is 0.363. The summed E-state index contributed by atoms with van der Waals surface area (Å²) >= 11 is 0. The molecule has 0 aromatic heterocycles. The van der Waals surface area contributed by atoms with E-state index in [1.165, 1.54) is 83.5 Å². The second-order valence-electron chi connectivity index (χ2n) is 6.66. The van der Waals surface area contributed by atoms with Gasteiger partial charge in [-0.25, -0.2) is 4.39 Å². The first-order valence-corrected chi connectivity index (χ1v) is 9.98. The van der Waals surface area contributed by atoms with Crippen LogP contribution in [0.25, 0.3) is 0 Å². The summed E-state index contributed by atoms with van der Waals surface area (Å²) < 4.78 is 12.3. The lowest BCUT2D eigenvalue weighted by Crippen LogP contribution is -2.02. The van der Waals surface area contributed by atoms with Crippen molar-refractivity contribution in [1.82, 2.24) is 0 Å². The lowest BCUT2D eigenvalue weighted by Gasteiger charge is -2.03. The minimum Gasteiger partial charge on any atom is -0.327 e. The summed E-state index contributed by atoms with van der Waals surface area (Å²) in [4.78, 5) is 0. The molecule has 0 bridgehead atoms. The molecule has 1 nitrogen and oxygen atoms in total. The van der Waals surface area contributed by atoms with Gasteiger partial charge < -0.3 is 5.73 Å². The third kappa shape index (κ3) is 17.6. The zero-order valence-corrected chi connectivity index (χ0v) is 15.5. The largest absolute Gasteiger partial charge is 0.327 e. The first kappa shape index (κ1) is 22.4. The van der Waals surface area contributed by atoms with Crippen LogP contribution in [0.3, 0.4) is 0 Å². The molecule has 0 spiro atoms. The third-order valence-electron chi connectivity index (χ3n) is 4.43. The fourth-order valence-electron chi connectivity index (χ4n) is 2.80. The van der Waals surface area contributed by atoms with Crippen LogP contribution in [0.1, 0.15) is 103 Å². The molecule has 0 saturated heterocycles. The van der Waals surface area contributed by atoms with Gasteiger partial charge in [-0.3, -0.25) is 0 Å². The molecule has 0 heterocycles. The topological polar surface area (TPSA) is 26.0 Å². The molecule has 2 heteroatoms. The molecule has 0 aliphatic heterocycles.